The van der Waals surface area contributed by atoms with Crippen molar-refractivity contribution in [3.8, 4) is 0 Å². The first kappa shape index (κ1) is 9.80. The quantitative estimate of drug-likeness (QED) is 0.744. The third kappa shape index (κ3) is 2.59. The van der Waals surface area contributed by atoms with Crippen LogP contribution in [-0.4, -0.2) is 23.9 Å². The SMILES string of the molecule is CC(N)C(=O)N(C)Cc1ccoc1. The van der Waals surface area contributed by atoms with Crippen LogP contribution < -0.4 is 5.73 Å². The Labute approximate surface area is 77.3 Å². The number of hydrogen-bond donors (Lipinski definition) is 1. The van der Waals surface area contributed by atoms with Gasteiger partial charge in [-0.25, -0.2) is 0 Å². The van der Waals surface area contributed by atoms with Crippen molar-refractivity contribution in [1.29, 1.82) is 0 Å². The lowest BCUT2D eigenvalue weighted by Crippen LogP contribution is -2.39. The van der Waals surface area contributed by atoms with Crippen molar-refractivity contribution in [3.63, 3.8) is 0 Å². The molecule has 4 nitrogen and oxygen atoms in total. The summed E-state index contributed by atoms with van der Waals surface area (Å²) in [7, 11) is 1.72. The summed E-state index contributed by atoms with van der Waals surface area (Å²) in [6.45, 7) is 2.21. The minimum Gasteiger partial charge on any atom is -0.472 e. The van der Waals surface area contributed by atoms with Gasteiger partial charge in [0.2, 0.25) is 5.91 Å². The molecule has 0 aromatic carbocycles. The predicted octanol–water partition coefficient (Wildman–Crippen LogP) is 0.585. The lowest BCUT2D eigenvalue weighted by atomic mass is 10.2. The number of likely N-dealkylation sites (N-methyl/N-ethyl adjacent to an activating group) is 1. The molecule has 0 bridgehead atoms. The van der Waals surface area contributed by atoms with Crippen LogP contribution in [0.4, 0.5) is 0 Å². The third-order valence-electron chi connectivity index (χ3n) is 1.77. The summed E-state index contributed by atoms with van der Waals surface area (Å²) in [5, 5.41) is 0. The van der Waals surface area contributed by atoms with Crippen LogP contribution >= 0.6 is 0 Å². The Morgan fingerprint density at radius 3 is 2.92 bits per heavy atom. The molecule has 1 atom stereocenters. The molecule has 1 heterocycles. The second-order valence-electron chi connectivity index (χ2n) is 3.11. The van der Waals surface area contributed by atoms with Crippen molar-refractivity contribution >= 4 is 5.91 Å². The average molecular weight is 182 g/mol. The Balaban J connectivity index is 2.51. The van der Waals surface area contributed by atoms with Crippen molar-refractivity contribution < 1.29 is 9.21 Å². The molecule has 1 rings (SSSR count). The Hall–Kier alpha value is -1.29. The van der Waals surface area contributed by atoms with E-state index in [0.29, 0.717) is 6.54 Å². The van der Waals surface area contributed by atoms with Gasteiger partial charge in [0.25, 0.3) is 0 Å². The summed E-state index contributed by atoms with van der Waals surface area (Å²) < 4.78 is 4.89. The molecule has 0 aliphatic rings. The van der Waals surface area contributed by atoms with E-state index in [4.69, 9.17) is 10.2 Å². The van der Waals surface area contributed by atoms with Crippen LogP contribution in [0.1, 0.15) is 12.5 Å². The number of carbonyl (C=O) groups is 1. The molecule has 4 heteroatoms. The van der Waals surface area contributed by atoms with E-state index in [1.807, 2.05) is 6.07 Å². The number of hydrogen-bond acceptors (Lipinski definition) is 3. The second kappa shape index (κ2) is 4.09. The average Bonchev–Trinajstić information content (AvgIpc) is 2.55. The first-order valence-corrected chi connectivity index (χ1v) is 4.13. The molecule has 13 heavy (non-hydrogen) atoms. The van der Waals surface area contributed by atoms with E-state index >= 15 is 0 Å². The van der Waals surface area contributed by atoms with E-state index in [1.165, 1.54) is 0 Å². The van der Waals surface area contributed by atoms with Crippen LogP contribution in [0.2, 0.25) is 0 Å². The number of carbonyl (C=O) groups excluding carboxylic acids is 1. The van der Waals surface area contributed by atoms with E-state index in [-0.39, 0.29) is 5.91 Å². The summed E-state index contributed by atoms with van der Waals surface area (Å²) in [5.74, 6) is -0.0683. The Morgan fingerprint density at radius 1 is 1.77 bits per heavy atom. The fourth-order valence-corrected chi connectivity index (χ4v) is 1.08. The smallest absolute Gasteiger partial charge is 0.239 e. The fourth-order valence-electron chi connectivity index (χ4n) is 1.08. The van der Waals surface area contributed by atoms with Crippen LogP contribution in [0.15, 0.2) is 23.0 Å². The largest absolute Gasteiger partial charge is 0.472 e. The topological polar surface area (TPSA) is 59.5 Å². The zero-order valence-electron chi connectivity index (χ0n) is 7.86. The first-order chi connectivity index (χ1) is 6.11. The van der Waals surface area contributed by atoms with Gasteiger partial charge in [-0.15, -0.1) is 0 Å². The Kier molecular flexibility index (Phi) is 3.08. The van der Waals surface area contributed by atoms with Crippen LogP contribution in [0.3, 0.4) is 0 Å². The van der Waals surface area contributed by atoms with Gasteiger partial charge < -0.3 is 15.1 Å². The van der Waals surface area contributed by atoms with Crippen LogP contribution in [-0.2, 0) is 11.3 Å². The van der Waals surface area contributed by atoms with Gasteiger partial charge in [-0.1, -0.05) is 0 Å². The molecule has 0 aliphatic carbocycles. The van der Waals surface area contributed by atoms with E-state index in [1.54, 1.807) is 31.4 Å². The van der Waals surface area contributed by atoms with Gasteiger partial charge in [-0.3, -0.25) is 4.79 Å². The van der Waals surface area contributed by atoms with Crippen LogP contribution in [0.25, 0.3) is 0 Å². The number of rotatable bonds is 3. The molecule has 0 saturated carbocycles. The molecule has 2 N–H and O–H groups in total. The summed E-state index contributed by atoms with van der Waals surface area (Å²) in [6.07, 6.45) is 3.20. The van der Waals surface area contributed by atoms with Crippen molar-refractivity contribution in [3.05, 3.63) is 24.2 Å². The van der Waals surface area contributed by atoms with E-state index in [2.05, 4.69) is 0 Å². The van der Waals surface area contributed by atoms with E-state index in [0.717, 1.165) is 5.56 Å². The molecule has 1 unspecified atom stereocenters. The van der Waals surface area contributed by atoms with Gasteiger partial charge in [0.15, 0.2) is 0 Å². The molecule has 72 valence electrons. The minimum absolute atomic E-state index is 0.0683. The molecule has 1 amide bonds. The molecular weight excluding hydrogens is 168 g/mol. The van der Waals surface area contributed by atoms with Crippen LogP contribution in [0, 0.1) is 0 Å². The fraction of sp³-hybridized carbons (Fsp3) is 0.444. The molecule has 1 aromatic heterocycles. The monoisotopic (exact) mass is 182 g/mol. The molecular formula is C9H14N2O2. The highest BCUT2D eigenvalue weighted by Gasteiger charge is 2.13. The maximum absolute atomic E-state index is 11.3. The van der Waals surface area contributed by atoms with Gasteiger partial charge in [0.05, 0.1) is 18.6 Å². The Bertz CT molecular complexity index is 267. The summed E-state index contributed by atoms with van der Waals surface area (Å²) in [4.78, 5) is 12.9. The molecule has 0 radical (unpaired) electrons. The van der Waals surface area contributed by atoms with Crippen LogP contribution in [0.5, 0.6) is 0 Å². The zero-order chi connectivity index (χ0) is 9.84. The maximum atomic E-state index is 11.3. The standard InChI is InChI=1S/C9H14N2O2/c1-7(10)9(12)11(2)5-8-3-4-13-6-8/h3-4,6-7H,5,10H2,1-2H3. The highest BCUT2D eigenvalue weighted by Crippen LogP contribution is 2.04. The normalized spacial score (nSPS) is 12.5. The highest BCUT2D eigenvalue weighted by atomic mass is 16.3. The second-order valence-corrected chi connectivity index (χ2v) is 3.11. The highest BCUT2D eigenvalue weighted by molar-refractivity contribution is 5.80. The van der Waals surface area contributed by atoms with E-state index in [9.17, 15) is 4.79 Å². The van der Waals surface area contributed by atoms with Gasteiger partial charge in [-0.2, -0.15) is 0 Å². The van der Waals surface area contributed by atoms with Gasteiger partial charge in [-0.05, 0) is 13.0 Å². The number of nitrogens with two attached hydrogens (primary N) is 1. The van der Waals surface area contributed by atoms with Crippen molar-refractivity contribution in [2.24, 2.45) is 5.73 Å². The van der Waals surface area contributed by atoms with Gasteiger partial charge >= 0.3 is 0 Å². The number of nitrogens with zero attached hydrogens (tertiary/aromatic N) is 1. The van der Waals surface area contributed by atoms with E-state index < -0.39 is 6.04 Å². The van der Waals surface area contributed by atoms with Crippen molar-refractivity contribution in [1.82, 2.24) is 4.90 Å². The molecule has 0 fully saturated rings. The Morgan fingerprint density at radius 2 is 2.46 bits per heavy atom. The van der Waals surface area contributed by atoms with Gasteiger partial charge in [0.1, 0.15) is 0 Å². The summed E-state index contributed by atoms with van der Waals surface area (Å²) in [5.41, 5.74) is 6.42. The first-order valence-electron chi connectivity index (χ1n) is 4.13. The number of furan rings is 1. The lowest BCUT2D eigenvalue weighted by molar-refractivity contribution is -0.131. The molecule has 0 spiro atoms. The minimum atomic E-state index is -0.447. The lowest BCUT2D eigenvalue weighted by Gasteiger charge is -2.18. The molecule has 0 aliphatic heterocycles. The summed E-state index contributed by atoms with van der Waals surface area (Å²) in [6, 6.07) is 1.38. The predicted molar refractivity (Wildman–Crippen MR) is 48.8 cm³/mol. The van der Waals surface area contributed by atoms with Crippen molar-refractivity contribution in [2.45, 2.75) is 19.5 Å². The molecule has 1 aromatic rings. The maximum Gasteiger partial charge on any atom is 0.239 e. The number of amides is 1. The van der Waals surface area contributed by atoms with Gasteiger partial charge in [0, 0.05) is 19.2 Å². The third-order valence-corrected chi connectivity index (χ3v) is 1.77. The summed E-state index contributed by atoms with van der Waals surface area (Å²) >= 11 is 0. The zero-order valence-corrected chi connectivity index (χ0v) is 7.86. The van der Waals surface area contributed by atoms with Crippen molar-refractivity contribution in [2.75, 3.05) is 7.05 Å². The molecule has 0 saturated heterocycles.